The second kappa shape index (κ2) is 7.90. The van der Waals surface area contributed by atoms with E-state index in [0.29, 0.717) is 24.6 Å². The molecule has 2 heterocycles. The molecule has 1 aromatic heterocycles. The van der Waals surface area contributed by atoms with Gasteiger partial charge in [-0.2, -0.15) is 0 Å². The number of hydrogen-bond donors (Lipinski definition) is 1. The van der Waals surface area contributed by atoms with Crippen LogP contribution in [-0.4, -0.2) is 34.8 Å². The summed E-state index contributed by atoms with van der Waals surface area (Å²) in [5.74, 6) is 1.08. The first kappa shape index (κ1) is 16.4. The Hall–Kier alpha value is -1.43. The van der Waals surface area contributed by atoms with Gasteiger partial charge >= 0.3 is 0 Å². The second-order valence-electron chi connectivity index (χ2n) is 6.67. The molecule has 1 N–H and O–H groups in total. The fraction of sp³-hybridized carbons (Fsp3) is 0.706. The van der Waals surface area contributed by atoms with Crippen LogP contribution in [0.4, 0.5) is 5.13 Å². The zero-order chi connectivity index (χ0) is 16.1. The van der Waals surface area contributed by atoms with Gasteiger partial charge in [-0.15, -0.1) is 11.3 Å². The number of carbonyl (C=O) groups is 2. The number of anilines is 1. The molecule has 0 bridgehead atoms. The zero-order valence-electron chi connectivity index (χ0n) is 13.5. The van der Waals surface area contributed by atoms with Crippen molar-refractivity contribution in [3.63, 3.8) is 0 Å². The maximum absolute atomic E-state index is 12.3. The number of hydrogen-bond acceptors (Lipinski definition) is 4. The van der Waals surface area contributed by atoms with Crippen molar-refractivity contribution in [1.82, 2.24) is 9.88 Å². The molecule has 1 aliphatic carbocycles. The first-order valence-electron chi connectivity index (χ1n) is 8.70. The molecule has 2 fully saturated rings. The largest absolute Gasteiger partial charge is 0.343 e. The summed E-state index contributed by atoms with van der Waals surface area (Å²) in [5.41, 5.74) is 0. The van der Waals surface area contributed by atoms with Gasteiger partial charge in [-0.1, -0.05) is 25.7 Å². The topological polar surface area (TPSA) is 62.3 Å². The lowest BCUT2D eigenvalue weighted by Crippen LogP contribution is -2.41. The van der Waals surface area contributed by atoms with Crippen LogP contribution in [0.15, 0.2) is 11.6 Å². The molecular weight excluding hydrogens is 310 g/mol. The average molecular weight is 335 g/mol. The van der Waals surface area contributed by atoms with E-state index in [1.54, 1.807) is 6.20 Å². The summed E-state index contributed by atoms with van der Waals surface area (Å²) in [4.78, 5) is 30.5. The van der Waals surface area contributed by atoms with Gasteiger partial charge < -0.3 is 10.2 Å². The van der Waals surface area contributed by atoms with Crippen molar-refractivity contribution in [2.75, 3.05) is 18.4 Å². The van der Waals surface area contributed by atoms with Crippen LogP contribution >= 0.6 is 11.3 Å². The number of piperidine rings is 1. The maximum atomic E-state index is 12.3. The highest BCUT2D eigenvalue weighted by atomic mass is 32.1. The maximum Gasteiger partial charge on any atom is 0.229 e. The predicted molar refractivity (Wildman–Crippen MR) is 91.2 cm³/mol. The number of amides is 2. The molecule has 0 spiro atoms. The Balaban J connectivity index is 1.39. The summed E-state index contributed by atoms with van der Waals surface area (Å²) in [6.07, 6.45) is 10.2. The quantitative estimate of drug-likeness (QED) is 0.898. The summed E-state index contributed by atoms with van der Waals surface area (Å²) < 4.78 is 0. The van der Waals surface area contributed by atoms with Crippen LogP contribution in [0.2, 0.25) is 0 Å². The Morgan fingerprint density at radius 2 is 1.96 bits per heavy atom. The molecular formula is C17H25N3O2S. The number of rotatable bonds is 5. The third kappa shape index (κ3) is 4.53. The van der Waals surface area contributed by atoms with Gasteiger partial charge in [0.1, 0.15) is 0 Å². The summed E-state index contributed by atoms with van der Waals surface area (Å²) in [7, 11) is 0. The van der Waals surface area contributed by atoms with Crippen LogP contribution in [0.5, 0.6) is 0 Å². The molecule has 1 aliphatic heterocycles. The minimum atomic E-state index is -0.00205. The summed E-state index contributed by atoms with van der Waals surface area (Å²) in [6, 6.07) is 0. The summed E-state index contributed by atoms with van der Waals surface area (Å²) in [5, 5.41) is 5.37. The standard InChI is InChI=1S/C17H25N3O2S/c21-15(6-5-13-3-1-2-4-13)20-10-7-14(8-11-20)16(22)19-17-18-9-12-23-17/h9,12-14H,1-8,10-11H2,(H,18,19,22). The molecule has 0 atom stereocenters. The molecule has 3 rings (SSSR count). The van der Waals surface area contributed by atoms with Crippen LogP contribution in [0.1, 0.15) is 51.4 Å². The zero-order valence-corrected chi connectivity index (χ0v) is 14.3. The van der Waals surface area contributed by atoms with E-state index >= 15 is 0 Å². The van der Waals surface area contributed by atoms with Gasteiger partial charge in [-0.05, 0) is 25.2 Å². The number of nitrogens with zero attached hydrogens (tertiary/aromatic N) is 2. The van der Waals surface area contributed by atoms with Gasteiger partial charge in [-0.25, -0.2) is 4.98 Å². The molecule has 1 aromatic rings. The molecule has 0 radical (unpaired) electrons. The van der Waals surface area contributed by atoms with E-state index in [-0.39, 0.29) is 17.7 Å². The van der Waals surface area contributed by atoms with Gasteiger partial charge in [-0.3, -0.25) is 9.59 Å². The van der Waals surface area contributed by atoms with Crippen LogP contribution in [0, 0.1) is 11.8 Å². The van der Waals surface area contributed by atoms with Crippen molar-refractivity contribution in [2.45, 2.75) is 51.4 Å². The number of carbonyl (C=O) groups excluding carboxylic acids is 2. The van der Waals surface area contributed by atoms with Crippen molar-refractivity contribution in [3.8, 4) is 0 Å². The Kier molecular flexibility index (Phi) is 5.65. The van der Waals surface area contributed by atoms with Crippen LogP contribution < -0.4 is 5.32 Å². The van der Waals surface area contributed by atoms with Crippen molar-refractivity contribution in [1.29, 1.82) is 0 Å². The van der Waals surface area contributed by atoms with Crippen molar-refractivity contribution in [2.24, 2.45) is 11.8 Å². The lowest BCUT2D eigenvalue weighted by molar-refractivity contribution is -0.134. The second-order valence-corrected chi connectivity index (χ2v) is 7.57. The lowest BCUT2D eigenvalue weighted by Gasteiger charge is -2.31. The Morgan fingerprint density at radius 3 is 2.61 bits per heavy atom. The van der Waals surface area contributed by atoms with E-state index in [1.807, 2.05) is 10.3 Å². The molecule has 5 nitrogen and oxygen atoms in total. The van der Waals surface area contributed by atoms with Crippen LogP contribution in [0.25, 0.3) is 0 Å². The van der Waals surface area contributed by atoms with Gasteiger partial charge in [0.2, 0.25) is 11.8 Å². The molecule has 1 saturated carbocycles. The minimum absolute atomic E-state index is 0.00205. The average Bonchev–Trinajstić information content (AvgIpc) is 3.26. The van der Waals surface area contributed by atoms with Crippen LogP contribution in [0.3, 0.4) is 0 Å². The first-order valence-corrected chi connectivity index (χ1v) is 9.58. The van der Waals surface area contributed by atoms with E-state index < -0.39 is 0 Å². The number of aromatic nitrogens is 1. The molecule has 6 heteroatoms. The van der Waals surface area contributed by atoms with Gasteiger partial charge in [0.05, 0.1) is 0 Å². The van der Waals surface area contributed by atoms with Crippen molar-refractivity contribution >= 4 is 28.3 Å². The molecule has 126 valence electrons. The van der Waals surface area contributed by atoms with Crippen molar-refractivity contribution in [3.05, 3.63) is 11.6 Å². The first-order chi connectivity index (χ1) is 11.2. The monoisotopic (exact) mass is 335 g/mol. The van der Waals surface area contributed by atoms with Gasteiger partial charge in [0, 0.05) is 37.0 Å². The number of thiazole rings is 1. The molecule has 0 aromatic carbocycles. The number of nitrogens with one attached hydrogen (secondary N) is 1. The number of likely N-dealkylation sites (tertiary alicyclic amines) is 1. The summed E-state index contributed by atoms with van der Waals surface area (Å²) in [6.45, 7) is 1.42. The molecule has 0 unspecified atom stereocenters. The minimum Gasteiger partial charge on any atom is -0.343 e. The van der Waals surface area contributed by atoms with E-state index in [2.05, 4.69) is 10.3 Å². The molecule has 2 aliphatic rings. The smallest absolute Gasteiger partial charge is 0.229 e. The SMILES string of the molecule is O=C(Nc1nccs1)C1CCN(C(=O)CCC2CCCC2)CC1. The normalized spacial score (nSPS) is 19.9. The Bertz CT molecular complexity index is 518. The van der Waals surface area contributed by atoms with E-state index in [9.17, 15) is 9.59 Å². The van der Waals surface area contributed by atoms with Crippen molar-refractivity contribution < 1.29 is 9.59 Å². The van der Waals surface area contributed by atoms with E-state index in [1.165, 1.54) is 37.0 Å². The van der Waals surface area contributed by atoms with E-state index in [0.717, 1.165) is 25.2 Å². The fourth-order valence-corrected chi connectivity index (χ4v) is 4.20. The third-order valence-corrected chi connectivity index (χ3v) is 5.81. The van der Waals surface area contributed by atoms with Gasteiger partial charge in [0.25, 0.3) is 0 Å². The fourth-order valence-electron chi connectivity index (χ4n) is 3.67. The highest BCUT2D eigenvalue weighted by Crippen LogP contribution is 2.29. The highest BCUT2D eigenvalue weighted by Gasteiger charge is 2.28. The van der Waals surface area contributed by atoms with Gasteiger partial charge in [0.15, 0.2) is 5.13 Å². The van der Waals surface area contributed by atoms with Crippen LogP contribution in [-0.2, 0) is 9.59 Å². The summed E-state index contributed by atoms with van der Waals surface area (Å²) >= 11 is 1.43. The highest BCUT2D eigenvalue weighted by molar-refractivity contribution is 7.13. The third-order valence-electron chi connectivity index (χ3n) is 5.12. The molecule has 23 heavy (non-hydrogen) atoms. The Labute approximate surface area is 141 Å². The lowest BCUT2D eigenvalue weighted by atomic mass is 9.95. The predicted octanol–water partition coefficient (Wildman–Crippen LogP) is 3.29. The van der Waals surface area contributed by atoms with E-state index in [4.69, 9.17) is 0 Å². The Morgan fingerprint density at radius 1 is 1.22 bits per heavy atom. The molecule has 2 amide bonds. The molecule has 1 saturated heterocycles.